The second-order valence-electron chi connectivity index (χ2n) is 5.32. The van der Waals surface area contributed by atoms with Gasteiger partial charge in [-0.05, 0) is 30.3 Å². The van der Waals surface area contributed by atoms with Crippen molar-refractivity contribution in [3.8, 4) is 22.8 Å². The van der Waals surface area contributed by atoms with E-state index in [4.69, 9.17) is 5.73 Å². The molecule has 1 aromatic heterocycles. The fourth-order valence-corrected chi connectivity index (χ4v) is 2.43. The molecule has 8 heteroatoms. The largest absolute Gasteiger partial charge is 0.366 e. The Morgan fingerprint density at radius 1 is 1.04 bits per heavy atom. The Kier molecular flexibility index (Phi) is 4.10. The number of hydrogen-bond acceptors (Lipinski definition) is 4. The third-order valence-electron chi connectivity index (χ3n) is 3.74. The molecule has 0 radical (unpaired) electrons. The third-order valence-corrected chi connectivity index (χ3v) is 3.74. The summed E-state index contributed by atoms with van der Waals surface area (Å²) in [6, 6.07) is 7.66. The number of hydrogen-bond donors (Lipinski definition) is 1. The number of nitrogens with zero attached hydrogens (tertiary/aromatic N) is 3. The monoisotopic (exact) mass is 342 g/mol. The van der Waals surface area contributed by atoms with Gasteiger partial charge in [0.1, 0.15) is 17.9 Å². The molecule has 0 fully saturated rings. The van der Waals surface area contributed by atoms with E-state index in [9.17, 15) is 18.4 Å². The van der Waals surface area contributed by atoms with Gasteiger partial charge in [-0.25, -0.2) is 8.78 Å². The lowest BCUT2D eigenvalue weighted by molar-refractivity contribution is 0.0999. The minimum absolute atomic E-state index is 0.0270. The molecule has 0 aliphatic carbocycles. The summed E-state index contributed by atoms with van der Waals surface area (Å²) in [5, 5.41) is 7.81. The van der Waals surface area contributed by atoms with E-state index in [0.29, 0.717) is 6.29 Å². The first-order valence-corrected chi connectivity index (χ1v) is 7.16. The molecule has 2 aromatic carbocycles. The molecule has 1 heterocycles. The maximum absolute atomic E-state index is 14.3. The Hall–Kier alpha value is -3.42. The van der Waals surface area contributed by atoms with Crippen LogP contribution in [0.25, 0.3) is 22.8 Å². The van der Waals surface area contributed by atoms with E-state index in [-0.39, 0.29) is 33.9 Å². The van der Waals surface area contributed by atoms with Gasteiger partial charge in [0.2, 0.25) is 5.91 Å². The summed E-state index contributed by atoms with van der Waals surface area (Å²) in [7, 11) is 1.55. The van der Waals surface area contributed by atoms with Crippen LogP contribution >= 0.6 is 0 Å². The third kappa shape index (κ3) is 2.89. The van der Waals surface area contributed by atoms with Gasteiger partial charge in [-0.15, -0.1) is 10.2 Å². The van der Waals surface area contributed by atoms with Gasteiger partial charge >= 0.3 is 0 Å². The van der Waals surface area contributed by atoms with Crippen LogP contribution in [0.2, 0.25) is 0 Å². The van der Waals surface area contributed by atoms with E-state index in [1.807, 2.05) is 0 Å². The normalized spacial score (nSPS) is 10.7. The van der Waals surface area contributed by atoms with Gasteiger partial charge < -0.3 is 10.3 Å². The number of halogens is 2. The molecule has 3 rings (SSSR count). The second-order valence-corrected chi connectivity index (χ2v) is 5.32. The number of rotatable bonds is 4. The SMILES string of the molecule is Cn1c(-c2ccc(C=O)cc2F)nnc1-c1ccc(C(N)=O)cc1F. The van der Waals surface area contributed by atoms with Gasteiger partial charge in [0.15, 0.2) is 11.6 Å². The van der Waals surface area contributed by atoms with Crippen molar-refractivity contribution in [1.29, 1.82) is 0 Å². The van der Waals surface area contributed by atoms with E-state index in [0.717, 1.165) is 12.1 Å². The number of benzene rings is 2. The standard InChI is InChI=1S/C17H12F2N4O2/c1-23-16(11-4-2-9(8-24)6-13(11)18)21-22-17(23)12-5-3-10(15(20)25)7-14(12)19/h2-8H,1H3,(H2,20,25). The lowest BCUT2D eigenvalue weighted by Crippen LogP contribution is -2.11. The zero-order valence-corrected chi connectivity index (χ0v) is 13.0. The van der Waals surface area contributed by atoms with Gasteiger partial charge in [-0.1, -0.05) is 6.07 Å². The zero-order valence-electron chi connectivity index (χ0n) is 13.0. The van der Waals surface area contributed by atoms with Crippen molar-refractivity contribution in [2.75, 3.05) is 0 Å². The van der Waals surface area contributed by atoms with E-state index in [1.54, 1.807) is 7.05 Å². The Morgan fingerprint density at radius 3 is 2.08 bits per heavy atom. The molecule has 1 amide bonds. The Balaban J connectivity index is 2.08. The smallest absolute Gasteiger partial charge is 0.248 e. The summed E-state index contributed by atoms with van der Waals surface area (Å²) < 4.78 is 29.9. The summed E-state index contributed by atoms with van der Waals surface area (Å²) in [6.45, 7) is 0. The highest BCUT2D eigenvalue weighted by atomic mass is 19.1. The molecule has 126 valence electrons. The highest BCUT2D eigenvalue weighted by Crippen LogP contribution is 2.27. The van der Waals surface area contributed by atoms with Crippen LogP contribution in [0.4, 0.5) is 8.78 Å². The summed E-state index contributed by atoms with van der Waals surface area (Å²) in [5.74, 6) is -1.77. The molecule has 0 unspecified atom stereocenters. The molecule has 0 saturated heterocycles. The number of aromatic nitrogens is 3. The van der Waals surface area contributed by atoms with Gasteiger partial charge in [0.05, 0.1) is 11.1 Å². The van der Waals surface area contributed by atoms with Crippen molar-refractivity contribution in [2.45, 2.75) is 0 Å². The fourth-order valence-electron chi connectivity index (χ4n) is 2.43. The molecule has 3 aromatic rings. The van der Waals surface area contributed by atoms with Gasteiger partial charge in [-0.3, -0.25) is 9.59 Å². The fraction of sp³-hybridized carbons (Fsp3) is 0.0588. The average molecular weight is 342 g/mol. The predicted molar refractivity (Wildman–Crippen MR) is 85.7 cm³/mol. The maximum atomic E-state index is 14.3. The number of carbonyl (C=O) groups excluding carboxylic acids is 2. The minimum atomic E-state index is -0.749. The second kappa shape index (κ2) is 6.23. The van der Waals surface area contributed by atoms with Crippen molar-refractivity contribution in [3.63, 3.8) is 0 Å². The summed E-state index contributed by atoms with van der Waals surface area (Å²) in [4.78, 5) is 21.8. The van der Waals surface area contributed by atoms with E-state index < -0.39 is 17.5 Å². The van der Waals surface area contributed by atoms with Crippen LogP contribution < -0.4 is 5.73 Å². The van der Waals surface area contributed by atoms with Crippen LogP contribution in [-0.2, 0) is 7.05 Å². The molecule has 0 spiro atoms. The molecule has 6 nitrogen and oxygen atoms in total. The quantitative estimate of drug-likeness (QED) is 0.737. The highest BCUT2D eigenvalue weighted by molar-refractivity contribution is 5.93. The molecule has 0 saturated carbocycles. The molecule has 2 N–H and O–H groups in total. The van der Waals surface area contributed by atoms with Crippen LogP contribution in [-0.4, -0.2) is 27.0 Å². The first kappa shape index (κ1) is 16.4. The van der Waals surface area contributed by atoms with Crippen LogP contribution in [0.3, 0.4) is 0 Å². The maximum Gasteiger partial charge on any atom is 0.248 e. The van der Waals surface area contributed by atoms with Gasteiger partial charge in [0, 0.05) is 18.2 Å². The highest BCUT2D eigenvalue weighted by Gasteiger charge is 2.19. The Bertz CT molecular complexity index is 998. The van der Waals surface area contributed by atoms with Crippen LogP contribution in [0, 0.1) is 11.6 Å². The summed E-state index contributed by atoms with van der Waals surface area (Å²) in [6.07, 6.45) is 0.532. The number of carbonyl (C=O) groups is 2. The molecule has 0 aliphatic heterocycles. The Morgan fingerprint density at radius 2 is 1.60 bits per heavy atom. The van der Waals surface area contributed by atoms with Crippen molar-refractivity contribution in [2.24, 2.45) is 12.8 Å². The minimum Gasteiger partial charge on any atom is -0.366 e. The lowest BCUT2D eigenvalue weighted by Gasteiger charge is -2.07. The van der Waals surface area contributed by atoms with Crippen molar-refractivity contribution in [1.82, 2.24) is 14.8 Å². The predicted octanol–water partition coefficient (Wildman–Crippen LogP) is 2.34. The van der Waals surface area contributed by atoms with Crippen molar-refractivity contribution < 1.29 is 18.4 Å². The van der Waals surface area contributed by atoms with E-state index in [2.05, 4.69) is 10.2 Å². The average Bonchev–Trinajstić information content (AvgIpc) is 2.95. The van der Waals surface area contributed by atoms with Gasteiger partial charge in [0.25, 0.3) is 0 Å². The molecular formula is C17H12F2N4O2. The van der Waals surface area contributed by atoms with Gasteiger partial charge in [-0.2, -0.15) is 0 Å². The summed E-state index contributed by atoms with van der Waals surface area (Å²) >= 11 is 0. The first-order valence-electron chi connectivity index (χ1n) is 7.16. The molecule has 0 aliphatic rings. The van der Waals surface area contributed by atoms with Crippen LogP contribution in [0.5, 0.6) is 0 Å². The van der Waals surface area contributed by atoms with E-state index in [1.165, 1.54) is 28.8 Å². The topological polar surface area (TPSA) is 90.9 Å². The van der Waals surface area contributed by atoms with Crippen LogP contribution in [0.15, 0.2) is 36.4 Å². The van der Waals surface area contributed by atoms with Crippen molar-refractivity contribution >= 4 is 12.2 Å². The lowest BCUT2D eigenvalue weighted by atomic mass is 10.1. The number of primary amides is 1. The number of nitrogens with two attached hydrogens (primary N) is 1. The number of aldehydes is 1. The first-order chi connectivity index (χ1) is 11.9. The molecule has 0 bridgehead atoms. The Labute approximate surface area is 140 Å². The zero-order chi connectivity index (χ0) is 18.1. The molecule has 0 atom stereocenters. The number of amides is 1. The summed E-state index contributed by atoms with van der Waals surface area (Å²) in [5.41, 5.74) is 5.55. The molecular weight excluding hydrogens is 330 g/mol. The van der Waals surface area contributed by atoms with Crippen molar-refractivity contribution in [3.05, 3.63) is 59.2 Å². The van der Waals surface area contributed by atoms with Crippen LogP contribution in [0.1, 0.15) is 20.7 Å². The van der Waals surface area contributed by atoms with E-state index >= 15 is 0 Å². The molecule has 25 heavy (non-hydrogen) atoms.